The molecule has 0 aliphatic rings. The quantitative estimate of drug-likeness (QED) is 0.758. The molecule has 1 rings (SSSR count). The zero-order valence-corrected chi connectivity index (χ0v) is 12.3. The van der Waals surface area contributed by atoms with Crippen LogP contribution in [0.4, 0.5) is 18.9 Å². The largest absolute Gasteiger partial charge is 0.398 e. The number of thioether (sulfide) groups is 1. The molecule has 8 heteroatoms. The number of benzene rings is 1. The molecule has 0 saturated carbocycles. The number of nitrogens with two attached hydrogens (primary N) is 1. The van der Waals surface area contributed by atoms with Crippen LogP contribution >= 0.6 is 11.8 Å². The number of alkyl halides is 3. The Balaban J connectivity index is 2.68. The number of halogens is 3. The molecule has 4 nitrogen and oxygen atoms in total. The molecule has 0 heterocycles. The minimum atomic E-state index is -4.26. The summed E-state index contributed by atoms with van der Waals surface area (Å²) in [5, 5.41) is 2.58. The van der Waals surface area contributed by atoms with Gasteiger partial charge in [0.1, 0.15) is 0 Å². The Labute approximate surface area is 125 Å². The van der Waals surface area contributed by atoms with Crippen LogP contribution < -0.4 is 11.1 Å². The van der Waals surface area contributed by atoms with E-state index in [1.165, 1.54) is 13.2 Å². The lowest BCUT2D eigenvalue weighted by Crippen LogP contribution is -2.28. The SMILES string of the molecule is COC(CN)CC(=O)Nc1ccccc1SCC(F)(F)F. The predicted molar refractivity (Wildman–Crippen MR) is 76.3 cm³/mol. The summed E-state index contributed by atoms with van der Waals surface area (Å²) in [6.07, 6.45) is -4.63. The fourth-order valence-corrected chi connectivity index (χ4v) is 2.29. The Morgan fingerprint density at radius 3 is 2.67 bits per heavy atom. The number of methoxy groups -OCH3 is 1. The second kappa shape index (κ2) is 8.26. The standard InChI is InChI=1S/C13H17F3N2O2S/c1-20-9(7-17)6-12(19)18-10-4-2-3-5-11(10)21-8-13(14,15)16/h2-5,9H,6-8,17H2,1H3,(H,18,19). The highest BCUT2D eigenvalue weighted by atomic mass is 32.2. The zero-order valence-electron chi connectivity index (χ0n) is 11.4. The van der Waals surface area contributed by atoms with Crippen LogP contribution in [-0.4, -0.2) is 37.6 Å². The first kappa shape index (κ1) is 17.8. The maximum Gasteiger partial charge on any atom is 0.398 e. The maximum absolute atomic E-state index is 12.3. The first-order chi connectivity index (χ1) is 9.85. The van der Waals surface area contributed by atoms with Crippen molar-refractivity contribution >= 4 is 23.4 Å². The fourth-order valence-electron chi connectivity index (χ4n) is 1.53. The highest BCUT2D eigenvalue weighted by Crippen LogP contribution is 2.32. The van der Waals surface area contributed by atoms with E-state index in [2.05, 4.69) is 5.32 Å². The summed E-state index contributed by atoms with van der Waals surface area (Å²) in [6.45, 7) is 0.189. The lowest BCUT2D eigenvalue weighted by atomic mass is 10.2. The third-order valence-corrected chi connectivity index (χ3v) is 3.70. The van der Waals surface area contributed by atoms with E-state index in [-0.39, 0.29) is 18.9 Å². The Bertz CT molecular complexity index is 465. The molecule has 0 fully saturated rings. The van der Waals surface area contributed by atoms with Gasteiger partial charge in [-0.3, -0.25) is 4.79 Å². The molecule has 1 aromatic rings. The van der Waals surface area contributed by atoms with E-state index in [9.17, 15) is 18.0 Å². The summed E-state index contributed by atoms with van der Waals surface area (Å²) in [5.74, 6) is -1.36. The number of hydrogen-bond acceptors (Lipinski definition) is 4. The summed E-state index contributed by atoms with van der Waals surface area (Å²) in [6, 6.07) is 6.35. The Morgan fingerprint density at radius 2 is 2.10 bits per heavy atom. The molecule has 1 atom stereocenters. The van der Waals surface area contributed by atoms with Gasteiger partial charge in [0.05, 0.1) is 24.0 Å². The van der Waals surface area contributed by atoms with Gasteiger partial charge in [-0.15, -0.1) is 11.8 Å². The minimum absolute atomic E-state index is 0.0469. The van der Waals surface area contributed by atoms with Crippen LogP contribution in [-0.2, 0) is 9.53 Å². The molecule has 118 valence electrons. The number of hydrogen-bond donors (Lipinski definition) is 2. The van der Waals surface area contributed by atoms with Crippen LogP contribution in [0.3, 0.4) is 0 Å². The molecule has 1 unspecified atom stereocenters. The van der Waals surface area contributed by atoms with Gasteiger partial charge in [-0.1, -0.05) is 12.1 Å². The average Bonchev–Trinajstić information content (AvgIpc) is 2.43. The molecule has 0 radical (unpaired) electrons. The average molecular weight is 322 g/mol. The highest BCUT2D eigenvalue weighted by molar-refractivity contribution is 7.99. The van der Waals surface area contributed by atoms with Crippen molar-refractivity contribution in [3.63, 3.8) is 0 Å². The van der Waals surface area contributed by atoms with Gasteiger partial charge in [-0.05, 0) is 12.1 Å². The van der Waals surface area contributed by atoms with E-state index in [4.69, 9.17) is 10.5 Å². The molecule has 0 aliphatic carbocycles. The summed E-state index contributed by atoms with van der Waals surface area (Å²) in [7, 11) is 1.44. The number of carbonyl (C=O) groups is 1. The van der Waals surface area contributed by atoms with Crippen molar-refractivity contribution in [2.24, 2.45) is 5.73 Å². The normalized spacial score (nSPS) is 13.0. The summed E-state index contributed by atoms with van der Waals surface area (Å²) in [5.41, 5.74) is 5.77. The van der Waals surface area contributed by atoms with E-state index in [1.807, 2.05) is 0 Å². The number of rotatable bonds is 7. The lowest BCUT2D eigenvalue weighted by molar-refractivity contribution is -0.118. The number of amides is 1. The van der Waals surface area contributed by atoms with Crippen molar-refractivity contribution < 1.29 is 22.7 Å². The fraction of sp³-hybridized carbons (Fsp3) is 0.462. The Hall–Kier alpha value is -1.25. The van der Waals surface area contributed by atoms with Gasteiger partial charge in [0.2, 0.25) is 5.91 Å². The van der Waals surface area contributed by atoms with E-state index in [1.54, 1.807) is 18.2 Å². The third-order valence-electron chi connectivity index (χ3n) is 2.56. The van der Waals surface area contributed by atoms with Crippen molar-refractivity contribution in [2.75, 3.05) is 24.7 Å². The highest BCUT2D eigenvalue weighted by Gasteiger charge is 2.27. The van der Waals surface area contributed by atoms with Crippen LogP contribution in [0.15, 0.2) is 29.2 Å². The van der Waals surface area contributed by atoms with Crippen molar-refractivity contribution in [3.8, 4) is 0 Å². The predicted octanol–water partition coefficient (Wildman–Crippen LogP) is 2.64. The van der Waals surface area contributed by atoms with Crippen LogP contribution in [0.2, 0.25) is 0 Å². The van der Waals surface area contributed by atoms with Crippen molar-refractivity contribution in [1.82, 2.24) is 0 Å². The van der Waals surface area contributed by atoms with E-state index in [0.717, 1.165) is 0 Å². The second-order valence-corrected chi connectivity index (χ2v) is 5.26. The van der Waals surface area contributed by atoms with E-state index < -0.39 is 18.0 Å². The number of para-hydroxylation sites is 1. The van der Waals surface area contributed by atoms with Gasteiger partial charge in [-0.2, -0.15) is 13.2 Å². The Morgan fingerprint density at radius 1 is 1.43 bits per heavy atom. The summed E-state index contributed by atoms with van der Waals surface area (Å²) in [4.78, 5) is 12.2. The molecule has 21 heavy (non-hydrogen) atoms. The minimum Gasteiger partial charge on any atom is -0.380 e. The molecular weight excluding hydrogens is 305 g/mol. The molecule has 0 bridgehead atoms. The van der Waals surface area contributed by atoms with Crippen LogP contribution in [0.5, 0.6) is 0 Å². The Kier molecular flexibility index (Phi) is 7.00. The maximum atomic E-state index is 12.3. The zero-order chi connectivity index (χ0) is 15.9. The first-order valence-corrected chi connectivity index (χ1v) is 7.15. The summed E-state index contributed by atoms with van der Waals surface area (Å²) >= 11 is 0.631. The van der Waals surface area contributed by atoms with Crippen LogP contribution in [0, 0.1) is 0 Å². The lowest BCUT2D eigenvalue weighted by Gasteiger charge is -2.15. The van der Waals surface area contributed by atoms with Crippen molar-refractivity contribution in [2.45, 2.75) is 23.6 Å². The van der Waals surface area contributed by atoms with Crippen molar-refractivity contribution in [1.29, 1.82) is 0 Å². The number of carbonyl (C=O) groups excluding carboxylic acids is 1. The van der Waals surface area contributed by atoms with Crippen LogP contribution in [0.25, 0.3) is 0 Å². The van der Waals surface area contributed by atoms with Gasteiger partial charge >= 0.3 is 6.18 Å². The van der Waals surface area contributed by atoms with Crippen LogP contribution in [0.1, 0.15) is 6.42 Å². The second-order valence-electron chi connectivity index (χ2n) is 4.25. The monoisotopic (exact) mass is 322 g/mol. The molecule has 0 aliphatic heterocycles. The van der Waals surface area contributed by atoms with Gasteiger partial charge in [0.15, 0.2) is 0 Å². The molecule has 0 saturated heterocycles. The topological polar surface area (TPSA) is 64.3 Å². The molecule has 0 spiro atoms. The van der Waals surface area contributed by atoms with E-state index >= 15 is 0 Å². The van der Waals surface area contributed by atoms with E-state index in [0.29, 0.717) is 22.3 Å². The third kappa shape index (κ3) is 6.83. The van der Waals surface area contributed by atoms with Gasteiger partial charge in [-0.25, -0.2) is 0 Å². The molecule has 0 aromatic heterocycles. The molecular formula is C13H17F3N2O2S. The molecule has 3 N–H and O–H groups in total. The number of ether oxygens (including phenoxy) is 1. The molecule has 1 aromatic carbocycles. The smallest absolute Gasteiger partial charge is 0.380 e. The van der Waals surface area contributed by atoms with Gasteiger partial charge in [0, 0.05) is 18.6 Å². The van der Waals surface area contributed by atoms with Gasteiger partial charge in [0.25, 0.3) is 0 Å². The van der Waals surface area contributed by atoms with Crippen molar-refractivity contribution in [3.05, 3.63) is 24.3 Å². The first-order valence-electron chi connectivity index (χ1n) is 6.17. The number of anilines is 1. The van der Waals surface area contributed by atoms with Gasteiger partial charge < -0.3 is 15.8 Å². The number of nitrogens with one attached hydrogen (secondary N) is 1. The molecule has 1 amide bonds. The summed E-state index contributed by atoms with van der Waals surface area (Å²) < 4.78 is 41.8.